The smallest absolute Gasteiger partial charge is 0.224 e. The lowest BCUT2D eigenvalue weighted by atomic mass is 10.1. The van der Waals surface area contributed by atoms with Crippen molar-refractivity contribution in [1.29, 1.82) is 0 Å². The van der Waals surface area contributed by atoms with E-state index in [9.17, 15) is 4.79 Å². The first-order valence-corrected chi connectivity index (χ1v) is 7.02. The number of benzene rings is 2. The molecule has 1 amide bonds. The zero-order valence-corrected chi connectivity index (χ0v) is 11.4. The molecule has 1 aliphatic heterocycles. The molecule has 3 nitrogen and oxygen atoms in total. The predicted molar refractivity (Wildman–Crippen MR) is 82.0 cm³/mol. The maximum Gasteiger partial charge on any atom is 0.224 e. The molecule has 3 heteroatoms. The molecule has 0 bridgehead atoms. The number of nitrogens with one attached hydrogen (secondary N) is 2. The van der Waals surface area contributed by atoms with E-state index >= 15 is 0 Å². The summed E-state index contributed by atoms with van der Waals surface area (Å²) in [5.74, 6) is 0.0692. The number of carbonyl (C=O) groups is 1. The van der Waals surface area contributed by atoms with Gasteiger partial charge in [0.1, 0.15) is 0 Å². The summed E-state index contributed by atoms with van der Waals surface area (Å²) in [6, 6.07) is 16.1. The first kappa shape index (κ1) is 12.7. The van der Waals surface area contributed by atoms with E-state index in [4.69, 9.17) is 0 Å². The standard InChI is InChI=1S/C17H18N2O/c20-17(9-6-13-4-2-1-3-5-13)19-15-7-8-16-14(12-15)10-11-18-16/h1-5,7-8,12,18H,6,9-11H2,(H,19,20). The zero-order valence-electron chi connectivity index (χ0n) is 11.4. The van der Waals surface area contributed by atoms with Crippen molar-refractivity contribution < 1.29 is 4.79 Å². The molecule has 0 aromatic heterocycles. The van der Waals surface area contributed by atoms with Crippen LogP contribution in [0.1, 0.15) is 17.5 Å². The lowest BCUT2D eigenvalue weighted by Gasteiger charge is -2.07. The van der Waals surface area contributed by atoms with E-state index in [1.54, 1.807) is 0 Å². The first-order chi connectivity index (χ1) is 9.81. The molecule has 1 heterocycles. The summed E-state index contributed by atoms with van der Waals surface area (Å²) in [4.78, 5) is 12.0. The Morgan fingerprint density at radius 2 is 2.00 bits per heavy atom. The molecule has 0 radical (unpaired) electrons. The minimum Gasteiger partial charge on any atom is -0.384 e. The van der Waals surface area contributed by atoms with Crippen LogP contribution < -0.4 is 10.6 Å². The van der Waals surface area contributed by atoms with Gasteiger partial charge in [0, 0.05) is 24.3 Å². The number of rotatable bonds is 4. The number of aryl methyl sites for hydroxylation is 1. The Hall–Kier alpha value is -2.29. The summed E-state index contributed by atoms with van der Waals surface area (Å²) in [5.41, 5.74) is 4.56. The molecule has 0 atom stereocenters. The number of amides is 1. The highest BCUT2D eigenvalue weighted by molar-refractivity contribution is 5.91. The van der Waals surface area contributed by atoms with E-state index in [1.165, 1.54) is 16.8 Å². The molecule has 0 fully saturated rings. The molecular formula is C17H18N2O. The molecule has 0 saturated carbocycles. The fourth-order valence-electron chi connectivity index (χ4n) is 2.51. The van der Waals surface area contributed by atoms with E-state index in [-0.39, 0.29) is 5.91 Å². The van der Waals surface area contributed by atoms with Crippen LogP contribution in [0.4, 0.5) is 11.4 Å². The van der Waals surface area contributed by atoms with Crippen LogP contribution in [0.25, 0.3) is 0 Å². The van der Waals surface area contributed by atoms with E-state index in [1.807, 2.05) is 42.5 Å². The second kappa shape index (κ2) is 5.78. The quantitative estimate of drug-likeness (QED) is 0.892. The third kappa shape index (κ3) is 2.99. The van der Waals surface area contributed by atoms with Crippen LogP contribution in [0.5, 0.6) is 0 Å². The van der Waals surface area contributed by atoms with Crippen LogP contribution in [0.2, 0.25) is 0 Å². The second-order valence-electron chi connectivity index (χ2n) is 5.08. The van der Waals surface area contributed by atoms with Crippen molar-refractivity contribution in [3.63, 3.8) is 0 Å². The SMILES string of the molecule is O=C(CCc1ccccc1)Nc1ccc2c(c1)CCN2. The van der Waals surface area contributed by atoms with Gasteiger partial charge in [-0.2, -0.15) is 0 Å². The number of hydrogen-bond acceptors (Lipinski definition) is 2. The average molecular weight is 266 g/mol. The lowest BCUT2D eigenvalue weighted by Crippen LogP contribution is -2.12. The maximum atomic E-state index is 12.0. The molecule has 0 aliphatic carbocycles. The zero-order chi connectivity index (χ0) is 13.8. The minimum absolute atomic E-state index is 0.0692. The van der Waals surface area contributed by atoms with Gasteiger partial charge in [-0.25, -0.2) is 0 Å². The van der Waals surface area contributed by atoms with Gasteiger partial charge in [0.2, 0.25) is 5.91 Å². The maximum absolute atomic E-state index is 12.0. The summed E-state index contributed by atoms with van der Waals surface area (Å²) in [6.07, 6.45) is 2.32. The molecule has 102 valence electrons. The molecule has 0 spiro atoms. The minimum atomic E-state index is 0.0692. The summed E-state index contributed by atoms with van der Waals surface area (Å²) >= 11 is 0. The third-order valence-corrected chi connectivity index (χ3v) is 3.58. The number of fused-ring (bicyclic) bond motifs is 1. The highest BCUT2D eigenvalue weighted by Gasteiger charge is 2.11. The van der Waals surface area contributed by atoms with Crippen molar-refractivity contribution in [3.05, 3.63) is 59.7 Å². The second-order valence-corrected chi connectivity index (χ2v) is 5.08. The summed E-state index contributed by atoms with van der Waals surface area (Å²) in [6.45, 7) is 0.987. The van der Waals surface area contributed by atoms with Crippen molar-refractivity contribution >= 4 is 17.3 Å². The molecule has 1 aliphatic rings. The van der Waals surface area contributed by atoms with Crippen LogP contribution >= 0.6 is 0 Å². The highest BCUT2D eigenvalue weighted by atomic mass is 16.1. The van der Waals surface area contributed by atoms with Gasteiger partial charge in [0.15, 0.2) is 0 Å². The Kier molecular flexibility index (Phi) is 3.68. The Labute approximate surface area is 119 Å². The first-order valence-electron chi connectivity index (χ1n) is 7.02. The number of carbonyl (C=O) groups excluding carboxylic acids is 1. The van der Waals surface area contributed by atoms with Gasteiger partial charge in [0.25, 0.3) is 0 Å². The molecule has 20 heavy (non-hydrogen) atoms. The molecule has 0 saturated heterocycles. The molecule has 3 rings (SSSR count). The fourth-order valence-corrected chi connectivity index (χ4v) is 2.51. The van der Waals surface area contributed by atoms with E-state index in [2.05, 4.69) is 16.7 Å². The van der Waals surface area contributed by atoms with Crippen molar-refractivity contribution in [2.75, 3.05) is 17.2 Å². The summed E-state index contributed by atoms with van der Waals surface area (Å²) in [5, 5.41) is 6.29. The molecule has 2 N–H and O–H groups in total. The van der Waals surface area contributed by atoms with Crippen LogP contribution in [-0.2, 0) is 17.6 Å². The third-order valence-electron chi connectivity index (χ3n) is 3.58. The van der Waals surface area contributed by atoms with Crippen LogP contribution in [0, 0.1) is 0 Å². The number of hydrogen-bond donors (Lipinski definition) is 2. The van der Waals surface area contributed by atoms with Gasteiger partial charge >= 0.3 is 0 Å². The highest BCUT2D eigenvalue weighted by Crippen LogP contribution is 2.25. The van der Waals surface area contributed by atoms with E-state index in [0.717, 1.165) is 25.1 Å². The number of anilines is 2. The molecule has 0 unspecified atom stereocenters. The monoisotopic (exact) mass is 266 g/mol. The van der Waals surface area contributed by atoms with Crippen molar-refractivity contribution in [1.82, 2.24) is 0 Å². The van der Waals surface area contributed by atoms with Gasteiger partial charge < -0.3 is 10.6 Å². The molecule has 2 aromatic carbocycles. The summed E-state index contributed by atoms with van der Waals surface area (Å²) < 4.78 is 0. The van der Waals surface area contributed by atoms with Crippen molar-refractivity contribution in [2.24, 2.45) is 0 Å². The topological polar surface area (TPSA) is 41.1 Å². The van der Waals surface area contributed by atoms with Crippen molar-refractivity contribution in [3.8, 4) is 0 Å². The Morgan fingerprint density at radius 1 is 1.15 bits per heavy atom. The Balaban J connectivity index is 1.56. The Bertz CT molecular complexity index is 608. The van der Waals surface area contributed by atoms with Crippen molar-refractivity contribution in [2.45, 2.75) is 19.3 Å². The van der Waals surface area contributed by atoms with E-state index in [0.29, 0.717) is 6.42 Å². The Morgan fingerprint density at radius 3 is 2.85 bits per heavy atom. The average Bonchev–Trinajstić information content (AvgIpc) is 2.94. The van der Waals surface area contributed by atoms with E-state index < -0.39 is 0 Å². The normalized spacial score (nSPS) is 12.6. The lowest BCUT2D eigenvalue weighted by molar-refractivity contribution is -0.116. The van der Waals surface area contributed by atoms with Crippen LogP contribution in [0.3, 0.4) is 0 Å². The van der Waals surface area contributed by atoms with Gasteiger partial charge in [-0.05, 0) is 42.2 Å². The molecule has 2 aromatic rings. The largest absolute Gasteiger partial charge is 0.384 e. The van der Waals surface area contributed by atoms with Gasteiger partial charge in [-0.15, -0.1) is 0 Å². The van der Waals surface area contributed by atoms with Crippen LogP contribution in [-0.4, -0.2) is 12.5 Å². The van der Waals surface area contributed by atoms with Gasteiger partial charge in [-0.3, -0.25) is 4.79 Å². The summed E-state index contributed by atoms with van der Waals surface area (Å²) in [7, 11) is 0. The molecular weight excluding hydrogens is 248 g/mol. The van der Waals surface area contributed by atoms with Crippen LogP contribution in [0.15, 0.2) is 48.5 Å². The van der Waals surface area contributed by atoms with Gasteiger partial charge in [-0.1, -0.05) is 30.3 Å². The fraction of sp³-hybridized carbons (Fsp3) is 0.235. The predicted octanol–water partition coefficient (Wildman–Crippen LogP) is 3.23. The van der Waals surface area contributed by atoms with Gasteiger partial charge in [0.05, 0.1) is 0 Å².